The quantitative estimate of drug-likeness (QED) is 0.647. The molecule has 0 spiro atoms. The maximum Gasteiger partial charge on any atom is 0.182 e. The first-order valence-corrected chi connectivity index (χ1v) is 5.68. The Balaban J connectivity index is 2.21. The fourth-order valence-electron chi connectivity index (χ4n) is 1.56. The van der Waals surface area contributed by atoms with Gasteiger partial charge in [0.2, 0.25) is 0 Å². The van der Waals surface area contributed by atoms with E-state index in [1.54, 1.807) is 0 Å². The van der Waals surface area contributed by atoms with E-state index in [1.165, 1.54) is 18.2 Å². The van der Waals surface area contributed by atoms with Crippen LogP contribution >= 0.6 is 11.6 Å². The minimum Gasteiger partial charge on any atom is -0.378 e. The van der Waals surface area contributed by atoms with Crippen molar-refractivity contribution >= 4 is 17.3 Å². The normalized spacial score (nSPS) is 10.6. The molecule has 0 saturated heterocycles. The topological polar surface area (TPSA) is 12.0 Å². The van der Waals surface area contributed by atoms with Crippen LogP contribution in [0.15, 0.2) is 30.3 Å². The zero-order valence-electron chi connectivity index (χ0n) is 9.48. The van der Waals surface area contributed by atoms with Gasteiger partial charge in [0.15, 0.2) is 11.6 Å². The first-order valence-electron chi connectivity index (χ1n) is 5.30. The highest BCUT2D eigenvalue weighted by molar-refractivity contribution is 6.31. The van der Waals surface area contributed by atoms with Gasteiger partial charge >= 0.3 is 0 Å². The second-order valence-corrected chi connectivity index (χ2v) is 4.19. The third-order valence-electron chi connectivity index (χ3n) is 2.49. The SMILES string of the molecule is Fc1cc(F)c(F)c(NCc2cccc(F)c2Cl)c1. The predicted octanol–water partition coefficient (Wildman–Crippen LogP) is 4.51. The van der Waals surface area contributed by atoms with Crippen molar-refractivity contribution in [1.29, 1.82) is 0 Å². The Morgan fingerprint density at radius 2 is 1.74 bits per heavy atom. The molecule has 2 aromatic rings. The standard InChI is InChI=1S/C13H8ClF4N/c14-12-7(2-1-3-9(12)16)6-19-11-5-8(15)4-10(17)13(11)18/h1-5,19H,6H2. The van der Waals surface area contributed by atoms with E-state index in [-0.39, 0.29) is 17.3 Å². The molecule has 19 heavy (non-hydrogen) atoms. The maximum absolute atomic E-state index is 13.4. The fraction of sp³-hybridized carbons (Fsp3) is 0.0769. The van der Waals surface area contributed by atoms with E-state index in [0.717, 1.165) is 6.07 Å². The second-order valence-electron chi connectivity index (χ2n) is 3.82. The Bertz CT molecular complexity index is 616. The first-order chi connectivity index (χ1) is 8.99. The van der Waals surface area contributed by atoms with Crippen LogP contribution in [-0.2, 0) is 6.54 Å². The molecule has 6 heteroatoms. The molecule has 0 bridgehead atoms. The van der Waals surface area contributed by atoms with Crippen LogP contribution in [0.25, 0.3) is 0 Å². The van der Waals surface area contributed by atoms with Gasteiger partial charge in [0.1, 0.15) is 11.6 Å². The van der Waals surface area contributed by atoms with Crippen molar-refractivity contribution in [3.05, 3.63) is 64.2 Å². The van der Waals surface area contributed by atoms with Crippen molar-refractivity contribution < 1.29 is 17.6 Å². The van der Waals surface area contributed by atoms with Crippen LogP contribution in [0.3, 0.4) is 0 Å². The van der Waals surface area contributed by atoms with Crippen LogP contribution in [0.2, 0.25) is 5.02 Å². The van der Waals surface area contributed by atoms with Gasteiger partial charge in [-0.15, -0.1) is 0 Å². The molecular formula is C13H8ClF4N. The van der Waals surface area contributed by atoms with Gasteiger partial charge in [-0.25, -0.2) is 17.6 Å². The van der Waals surface area contributed by atoms with Crippen LogP contribution < -0.4 is 5.32 Å². The van der Waals surface area contributed by atoms with Gasteiger partial charge in [-0.2, -0.15) is 0 Å². The van der Waals surface area contributed by atoms with Crippen LogP contribution in [0.5, 0.6) is 0 Å². The largest absolute Gasteiger partial charge is 0.378 e. The minimum absolute atomic E-state index is 0.0591. The van der Waals surface area contributed by atoms with E-state index < -0.39 is 23.3 Å². The summed E-state index contributed by atoms with van der Waals surface area (Å²) in [5.41, 5.74) is 0.00330. The van der Waals surface area contributed by atoms with E-state index >= 15 is 0 Å². The zero-order chi connectivity index (χ0) is 14.0. The highest BCUT2D eigenvalue weighted by Gasteiger charge is 2.12. The molecule has 0 aliphatic carbocycles. The van der Waals surface area contributed by atoms with Gasteiger partial charge in [0.05, 0.1) is 10.7 Å². The molecule has 0 fully saturated rings. The van der Waals surface area contributed by atoms with Crippen molar-refractivity contribution in [3.8, 4) is 0 Å². The lowest BCUT2D eigenvalue weighted by Crippen LogP contribution is -2.04. The first kappa shape index (κ1) is 13.7. The number of nitrogens with one attached hydrogen (secondary N) is 1. The summed E-state index contributed by atoms with van der Waals surface area (Å²) in [5, 5.41) is 2.35. The third kappa shape index (κ3) is 2.98. The Morgan fingerprint density at radius 1 is 1.00 bits per heavy atom. The summed E-state index contributed by atoms with van der Waals surface area (Å²) in [4.78, 5) is 0. The van der Waals surface area contributed by atoms with Gasteiger partial charge in [0.25, 0.3) is 0 Å². The average molecular weight is 290 g/mol. The number of rotatable bonds is 3. The highest BCUT2D eigenvalue weighted by Crippen LogP contribution is 2.23. The van der Waals surface area contributed by atoms with Crippen LogP contribution in [-0.4, -0.2) is 0 Å². The molecule has 0 saturated carbocycles. The van der Waals surface area contributed by atoms with Crippen molar-refractivity contribution in [2.75, 3.05) is 5.32 Å². The third-order valence-corrected chi connectivity index (χ3v) is 2.92. The molecule has 0 heterocycles. The van der Waals surface area contributed by atoms with Gasteiger partial charge in [-0.1, -0.05) is 23.7 Å². The molecule has 0 radical (unpaired) electrons. The van der Waals surface area contributed by atoms with Crippen LogP contribution in [0.4, 0.5) is 23.2 Å². The van der Waals surface area contributed by atoms with E-state index in [2.05, 4.69) is 5.32 Å². The Hall–Kier alpha value is -1.75. The van der Waals surface area contributed by atoms with E-state index in [4.69, 9.17) is 11.6 Å². The average Bonchev–Trinajstić information content (AvgIpc) is 2.36. The number of hydrogen-bond donors (Lipinski definition) is 1. The number of benzene rings is 2. The molecule has 2 rings (SSSR count). The van der Waals surface area contributed by atoms with E-state index in [9.17, 15) is 17.6 Å². The molecule has 2 aromatic carbocycles. The molecule has 0 unspecified atom stereocenters. The van der Waals surface area contributed by atoms with Gasteiger partial charge < -0.3 is 5.32 Å². The van der Waals surface area contributed by atoms with Crippen molar-refractivity contribution in [2.24, 2.45) is 0 Å². The van der Waals surface area contributed by atoms with Crippen LogP contribution in [0.1, 0.15) is 5.56 Å². The maximum atomic E-state index is 13.4. The molecular weight excluding hydrogens is 282 g/mol. The fourth-order valence-corrected chi connectivity index (χ4v) is 1.75. The van der Waals surface area contributed by atoms with Crippen molar-refractivity contribution in [1.82, 2.24) is 0 Å². The molecule has 1 N–H and O–H groups in total. The summed E-state index contributed by atoms with van der Waals surface area (Å²) in [5.74, 6) is -4.03. The highest BCUT2D eigenvalue weighted by atomic mass is 35.5. The van der Waals surface area contributed by atoms with Gasteiger partial charge in [-0.3, -0.25) is 0 Å². The molecule has 0 aliphatic heterocycles. The summed E-state index contributed by atoms with van der Waals surface area (Å²) in [6.07, 6.45) is 0. The predicted molar refractivity (Wildman–Crippen MR) is 65.1 cm³/mol. The molecule has 1 nitrogen and oxygen atoms in total. The van der Waals surface area contributed by atoms with E-state index in [0.29, 0.717) is 11.6 Å². The molecule has 0 aromatic heterocycles. The second kappa shape index (κ2) is 5.48. The summed E-state index contributed by atoms with van der Waals surface area (Å²) < 4.78 is 52.4. The smallest absolute Gasteiger partial charge is 0.182 e. The Labute approximate surface area is 111 Å². The summed E-state index contributed by atoms with van der Waals surface area (Å²) in [7, 11) is 0. The number of anilines is 1. The zero-order valence-corrected chi connectivity index (χ0v) is 10.2. The van der Waals surface area contributed by atoms with Gasteiger partial charge in [-0.05, 0) is 11.6 Å². The molecule has 0 aliphatic rings. The van der Waals surface area contributed by atoms with Crippen molar-refractivity contribution in [3.63, 3.8) is 0 Å². The Morgan fingerprint density at radius 3 is 2.47 bits per heavy atom. The van der Waals surface area contributed by atoms with Gasteiger partial charge in [0, 0.05) is 18.7 Å². The monoisotopic (exact) mass is 289 g/mol. The lowest BCUT2D eigenvalue weighted by Gasteiger charge is -2.10. The summed E-state index contributed by atoms with van der Waals surface area (Å²) >= 11 is 5.70. The lowest BCUT2D eigenvalue weighted by molar-refractivity contribution is 0.497. The number of halogens is 5. The molecule has 0 atom stereocenters. The molecule has 0 amide bonds. The van der Waals surface area contributed by atoms with Crippen molar-refractivity contribution in [2.45, 2.75) is 6.54 Å². The summed E-state index contributed by atoms with van der Waals surface area (Å²) in [6, 6.07) is 5.38. The lowest BCUT2D eigenvalue weighted by atomic mass is 10.2. The minimum atomic E-state index is -1.30. The van der Waals surface area contributed by atoms with Crippen LogP contribution in [0, 0.1) is 23.3 Å². The molecule has 100 valence electrons. The number of hydrogen-bond acceptors (Lipinski definition) is 1. The summed E-state index contributed by atoms with van der Waals surface area (Å²) in [6.45, 7) is -0.0591. The Kier molecular flexibility index (Phi) is 3.95. The van der Waals surface area contributed by atoms with E-state index in [1.807, 2.05) is 0 Å².